The van der Waals surface area contributed by atoms with E-state index in [1.54, 1.807) is 0 Å². The minimum absolute atomic E-state index is 1.24. The molecule has 0 aliphatic rings. The van der Waals surface area contributed by atoms with Gasteiger partial charge in [-0.25, -0.2) is 0 Å². The molecule has 0 amide bonds. The molecule has 0 fully saturated rings. The molecule has 96 valence electrons. The van der Waals surface area contributed by atoms with E-state index in [0.717, 1.165) is 0 Å². The van der Waals surface area contributed by atoms with Crippen molar-refractivity contribution in [3.8, 4) is 10.4 Å². The number of thiophene rings is 1. The maximum atomic E-state index is 2.36. The summed E-state index contributed by atoms with van der Waals surface area (Å²) >= 11 is 1.87. The molecular weight excluding hydrogens is 236 g/mol. The van der Waals surface area contributed by atoms with Gasteiger partial charge >= 0.3 is 0 Å². The van der Waals surface area contributed by atoms with E-state index >= 15 is 0 Å². The molecule has 1 heteroatoms. The first-order valence-electron chi connectivity index (χ1n) is 6.94. The van der Waals surface area contributed by atoms with Crippen LogP contribution < -0.4 is 0 Å². The molecule has 18 heavy (non-hydrogen) atoms. The van der Waals surface area contributed by atoms with E-state index in [9.17, 15) is 0 Å². The molecule has 1 aromatic carbocycles. The Labute approximate surface area is 115 Å². The summed E-state index contributed by atoms with van der Waals surface area (Å²) in [5.41, 5.74) is 4.19. The van der Waals surface area contributed by atoms with Crippen molar-refractivity contribution in [2.75, 3.05) is 0 Å². The van der Waals surface area contributed by atoms with Crippen LogP contribution in [0.2, 0.25) is 0 Å². The van der Waals surface area contributed by atoms with E-state index in [4.69, 9.17) is 0 Å². The molecule has 0 aliphatic heterocycles. The van der Waals surface area contributed by atoms with Crippen molar-refractivity contribution in [1.82, 2.24) is 0 Å². The zero-order chi connectivity index (χ0) is 12.8. The van der Waals surface area contributed by atoms with Gasteiger partial charge in [0, 0.05) is 4.88 Å². The first kappa shape index (κ1) is 13.4. The highest BCUT2D eigenvalue weighted by atomic mass is 32.1. The normalized spacial score (nSPS) is 10.8. The fraction of sp³-hybridized carbons (Fsp3) is 0.412. The lowest BCUT2D eigenvalue weighted by Crippen LogP contribution is -1.82. The number of hydrogen-bond acceptors (Lipinski definition) is 1. The molecule has 0 saturated carbocycles. The third-order valence-electron chi connectivity index (χ3n) is 3.31. The van der Waals surface area contributed by atoms with Crippen molar-refractivity contribution in [3.63, 3.8) is 0 Å². The van der Waals surface area contributed by atoms with Gasteiger partial charge in [0.15, 0.2) is 0 Å². The second-order valence-corrected chi connectivity index (χ2v) is 5.91. The SMILES string of the molecule is CCCCCCc1csc(-c2ccc(C)cc2)c1. The predicted molar refractivity (Wildman–Crippen MR) is 82.3 cm³/mol. The summed E-state index contributed by atoms with van der Waals surface area (Å²) in [4.78, 5) is 1.40. The van der Waals surface area contributed by atoms with Crippen molar-refractivity contribution in [2.45, 2.75) is 46.0 Å². The third kappa shape index (κ3) is 3.71. The molecule has 1 aromatic heterocycles. The van der Waals surface area contributed by atoms with Gasteiger partial charge < -0.3 is 0 Å². The van der Waals surface area contributed by atoms with Gasteiger partial charge in [0.25, 0.3) is 0 Å². The predicted octanol–water partition coefficient (Wildman–Crippen LogP) is 5.85. The number of aryl methyl sites for hydroxylation is 2. The third-order valence-corrected chi connectivity index (χ3v) is 4.34. The zero-order valence-electron chi connectivity index (χ0n) is 11.4. The molecule has 0 saturated heterocycles. The van der Waals surface area contributed by atoms with Crippen molar-refractivity contribution >= 4 is 11.3 Å². The maximum Gasteiger partial charge on any atom is 0.0345 e. The molecule has 0 aliphatic carbocycles. The number of hydrogen-bond donors (Lipinski definition) is 0. The average Bonchev–Trinajstić information content (AvgIpc) is 2.84. The van der Waals surface area contributed by atoms with E-state index in [1.165, 1.54) is 53.7 Å². The Morgan fingerprint density at radius 1 is 1.00 bits per heavy atom. The second kappa shape index (κ2) is 6.75. The number of unbranched alkanes of at least 4 members (excludes halogenated alkanes) is 3. The van der Waals surface area contributed by atoms with Crippen LogP contribution in [0.25, 0.3) is 10.4 Å². The molecule has 2 aromatic rings. The summed E-state index contributed by atoms with van der Waals surface area (Å²) in [5, 5.41) is 2.32. The highest BCUT2D eigenvalue weighted by Gasteiger charge is 2.02. The summed E-state index contributed by atoms with van der Waals surface area (Å²) in [6, 6.07) is 11.2. The second-order valence-electron chi connectivity index (χ2n) is 5.00. The van der Waals surface area contributed by atoms with Gasteiger partial charge in [-0.1, -0.05) is 56.0 Å². The molecular formula is C17H22S. The van der Waals surface area contributed by atoms with Crippen LogP contribution in [0.3, 0.4) is 0 Å². The lowest BCUT2D eigenvalue weighted by atomic mass is 10.1. The van der Waals surface area contributed by atoms with Crippen LogP contribution >= 0.6 is 11.3 Å². The minimum Gasteiger partial charge on any atom is -0.144 e. The smallest absolute Gasteiger partial charge is 0.0345 e. The summed E-state index contributed by atoms with van der Waals surface area (Å²) < 4.78 is 0. The molecule has 2 rings (SSSR count). The van der Waals surface area contributed by atoms with Crippen molar-refractivity contribution in [2.24, 2.45) is 0 Å². The van der Waals surface area contributed by atoms with Gasteiger partial charge in [-0.15, -0.1) is 11.3 Å². The van der Waals surface area contributed by atoms with Crippen molar-refractivity contribution in [3.05, 3.63) is 46.8 Å². The van der Waals surface area contributed by atoms with Crippen molar-refractivity contribution < 1.29 is 0 Å². The average molecular weight is 258 g/mol. The maximum absolute atomic E-state index is 2.36. The Bertz CT molecular complexity index is 465. The Kier molecular flexibility index (Phi) is 5.00. The highest BCUT2D eigenvalue weighted by molar-refractivity contribution is 7.13. The van der Waals surface area contributed by atoms with Crippen molar-refractivity contribution in [1.29, 1.82) is 0 Å². The standard InChI is InChI=1S/C17H22S/c1-3-4-5-6-7-15-12-17(18-13-15)16-10-8-14(2)9-11-16/h8-13H,3-7H2,1-2H3. The van der Waals surface area contributed by atoms with Gasteiger partial charge in [-0.2, -0.15) is 0 Å². The Hall–Kier alpha value is -1.08. The lowest BCUT2D eigenvalue weighted by molar-refractivity contribution is 0.667. The summed E-state index contributed by atoms with van der Waals surface area (Å²) in [5.74, 6) is 0. The van der Waals surface area contributed by atoms with Crippen LogP contribution in [0.1, 0.15) is 43.7 Å². The Morgan fingerprint density at radius 2 is 1.78 bits per heavy atom. The van der Waals surface area contributed by atoms with E-state index in [0.29, 0.717) is 0 Å². The zero-order valence-corrected chi connectivity index (χ0v) is 12.2. The van der Waals surface area contributed by atoms with Crippen LogP contribution in [0.5, 0.6) is 0 Å². The fourth-order valence-electron chi connectivity index (χ4n) is 2.13. The molecule has 0 radical (unpaired) electrons. The fourth-order valence-corrected chi connectivity index (χ4v) is 3.09. The summed E-state index contributed by atoms with van der Waals surface area (Å²) in [6.07, 6.45) is 6.62. The highest BCUT2D eigenvalue weighted by Crippen LogP contribution is 2.28. The topological polar surface area (TPSA) is 0 Å². The van der Waals surface area contributed by atoms with Gasteiger partial charge in [0.05, 0.1) is 0 Å². The van der Waals surface area contributed by atoms with Gasteiger partial charge in [0.2, 0.25) is 0 Å². The van der Waals surface area contributed by atoms with Crippen LogP contribution in [0.4, 0.5) is 0 Å². The molecule has 1 heterocycles. The molecule has 0 N–H and O–H groups in total. The van der Waals surface area contributed by atoms with Gasteiger partial charge in [-0.3, -0.25) is 0 Å². The first-order valence-corrected chi connectivity index (χ1v) is 7.82. The van der Waals surface area contributed by atoms with E-state index in [2.05, 4.69) is 49.6 Å². The van der Waals surface area contributed by atoms with Crippen LogP contribution in [-0.4, -0.2) is 0 Å². The quantitative estimate of drug-likeness (QED) is 0.570. The van der Waals surface area contributed by atoms with E-state index in [-0.39, 0.29) is 0 Å². The molecule has 0 unspecified atom stereocenters. The molecule has 0 spiro atoms. The minimum atomic E-state index is 1.24. The molecule has 0 nitrogen and oxygen atoms in total. The van der Waals surface area contributed by atoms with Crippen LogP contribution in [0.15, 0.2) is 35.7 Å². The van der Waals surface area contributed by atoms with E-state index in [1.807, 2.05) is 11.3 Å². The van der Waals surface area contributed by atoms with Gasteiger partial charge in [0.1, 0.15) is 0 Å². The molecule has 0 bridgehead atoms. The summed E-state index contributed by atoms with van der Waals surface area (Å²) in [7, 11) is 0. The van der Waals surface area contributed by atoms with Crippen LogP contribution in [0, 0.1) is 6.92 Å². The Balaban J connectivity index is 1.95. The Morgan fingerprint density at radius 3 is 2.50 bits per heavy atom. The summed E-state index contributed by atoms with van der Waals surface area (Å²) in [6.45, 7) is 4.40. The number of benzene rings is 1. The first-order chi connectivity index (χ1) is 8.79. The largest absolute Gasteiger partial charge is 0.144 e. The van der Waals surface area contributed by atoms with Gasteiger partial charge in [-0.05, 0) is 42.3 Å². The van der Waals surface area contributed by atoms with Crippen LogP contribution in [-0.2, 0) is 6.42 Å². The molecule has 0 atom stereocenters. The lowest BCUT2D eigenvalue weighted by Gasteiger charge is -1.98. The monoisotopic (exact) mass is 258 g/mol. The number of rotatable bonds is 6. The van der Waals surface area contributed by atoms with E-state index < -0.39 is 0 Å².